The molecule has 0 amide bonds. The number of H-pyrrole nitrogens is 1. The third-order valence-corrected chi connectivity index (χ3v) is 3.48. The van der Waals surface area contributed by atoms with E-state index in [9.17, 15) is 0 Å². The van der Waals surface area contributed by atoms with Gasteiger partial charge in [-0.15, -0.1) is 0 Å². The molecule has 19 heavy (non-hydrogen) atoms. The van der Waals surface area contributed by atoms with E-state index >= 15 is 0 Å². The molecule has 0 aliphatic rings. The zero-order valence-electron chi connectivity index (χ0n) is 10.8. The molecule has 3 nitrogen and oxygen atoms in total. The van der Waals surface area contributed by atoms with Crippen LogP contribution in [0.15, 0.2) is 42.5 Å². The molecule has 1 N–H and O–H groups in total. The maximum atomic E-state index is 5.34. The molecule has 0 saturated heterocycles. The fraction of sp³-hybridized carbons (Fsp3) is 0.200. The molecule has 3 rings (SSSR count). The third kappa shape index (κ3) is 2.19. The molecule has 0 unspecified atom stereocenters. The van der Waals surface area contributed by atoms with Crippen LogP contribution in [-0.4, -0.2) is 14.8 Å². The minimum Gasteiger partial charge on any atom is -0.272 e. The Kier molecular flexibility index (Phi) is 3.17. The van der Waals surface area contributed by atoms with Crippen LogP contribution < -0.4 is 0 Å². The topological polar surface area (TPSA) is 33.6 Å². The van der Waals surface area contributed by atoms with E-state index in [1.165, 1.54) is 10.8 Å². The van der Waals surface area contributed by atoms with Gasteiger partial charge in [0.2, 0.25) is 0 Å². The van der Waals surface area contributed by atoms with Crippen molar-refractivity contribution in [1.82, 2.24) is 14.8 Å². The van der Waals surface area contributed by atoms with Gasteiger partial charge in [0.05, 0.1) is 5.69 Å². The van der Waals surface area contributed by atoms with Crippen LogP contribution in [0.3, 0.4) is 0 Å². The molecule has 0 bridgehead atoms. The summed E-state index contributed by atoms with van der Waals surface area (Å²) in [6.07, 6.45) is 1.97. The van der Waals surface area contributed by atoms with E-state index in [4.69, 9.17) is 12.2 Å². The molecule has 4 heteroatoms. The Balaban J connectivity index is 2.18. The van der Waals surface area contributed by atoms with E-state index in [0.717, 1.165) is 24.4 Å². The van der Waals surface area contributed by atoms with Crippen molar-refractivity contribution in [3.05, 3.63) is 53.1 Å². The highest BCUT2D eigenvalue weighted by molar-refractivity contribution is 7.71. The first kappa shape index (κ1) is 12.1. The van der Waals surface area contributed by atoms with Gasteiger partial charge in [-0.1, -0.05) is 37.3 Å². The highest BCUT2D eigenvalue weighted by Gasteiger charge is 2.07. The molecular formula is C15H15N3S. The van der Waals surface area contributed by atoms with E-state index in [1.54, 1.807) is 0 Å². The molecule has 96 valence electrons. The maximum absolute atomic E-state index is 5.34. The Morgan fingerprint density at radius 3 is 2.74 bits per heavy atom. The Hall–Kier alpha value is -1.94. The minimum absolute atomic E-state index is 0.652. The first-order valence-corrected chi connectivity index (χ1v) is 6.86. The third-order valence-electron chi connectivity index (χ3n) is 3.21. The van der Waals surface area contributed by atoms with Crippen LogP contribution in [0.4, 0.5) is 0 Å². The summed E-state index contributed by atoms with van der Waals surface area (Å²) in [6.45, 7) is 2.14. The fourth-order valence-electron chi connectivity index (χ4n) is 2.30. The lowest BCUT2D eigenvalue weighted by Gasteiger charge is -2.07. The van der Waals surface area contributed by atoms with Crippen LogP contribution in [0.2, 0.25) is 0 Å². The van der Waals surface area contributed by atoms with E-state index in [0.29, 0.717) is 4.77 Å². The Labute approximate surface area is 116 Å². The van der Waals surface area contributed by atoms with Crippen molar-refractivity contribution in [2.75, 3.05) is 0 Å². The number of aromatic amines is 1. The lowest BCUT2D eigenvalue weighted by Crippen LogP contribution is -2.01. The monoisotopic (exact) mass is 269 g/mol. The van der Waals surface area contributed by atoms with Crippen LogP contribution in [0.1, 0.15) is 19.2 Å². The molecule has 0 radical (unpaired) electrons. The predicted molar refractivity (Wildman–Crippen MR) is 80.2 cm³/mol. The van der Waals surface area contributed by atoms with Gasteiger partial charge in [-0.2, -0.15) is 5.10 Å². The van der Waals surface area contributed by atoms with Gasteiger partial charge in [0, 0.05) is 6.42 Å². The molecular weight excluding hydrogens is 254 g/mol. The lowest BCUT2D eigenvalue weighted by molar-refractivity contribution is 0.801. The number of nitrogens with one attached hydrogen (secondary N) is 1. The number of hydrogen-bond donors (Lipinski definition) is 1. The highest BCUT2D eigenvalue weighted by atomic mass is 32.1. The summed E-state index contributed by atoms with van der Waals surface area (Å²) < 4.78 is 2.67. The van der Waals surface area contributed by atoms with Gasteiger partial charge in [0.25, 0.3) is 0 Å². The van der Waals surface area contributed by atoms with Crippen molar-refractivity contribution in [1.29, 1.82) is 0 Å². The molecule has 3 aromatic rings. The van der Waals surface area contributed by atoms with E-state index in [2.05, 4.69) is 47.5 Å². The Morgan fingerprint density at radius 2 is 1.95 bits per heavy atom. The number of nitrogens with zero attached hydrogens (tertiary/aromatic N) is 2. The number of rotatable bonds is 3. The van der Waals surface area contributed by atoms with Gasteiger partial charge >= 0.3 is 0 Å². The summed E-state index contributed by atoms with van der Waals surface area (Å²) in [4.78, 5) is 0. The summed E-state index contributed by atoms with van der Waals surface area (Å²) in [5.74, 6) is 0.989. The van der Waals surface area contributed by atoms with Crippen molar-refractivity contribution in [2.24, 2.45) is 0 Å². The van der Waals surface area contributed by atoms with Gasteiger partial charge < -0.3 is 0 Å². The largest absolute Gasteiger partial charge is 0.272 e. The van der Waals surface area contributed by atoms with Crippen molar-refractivity contribution in [2.45, 2.75) is 19.8 Å². The smallest absolute Gasteiger partial charge is 0.199 e. The average molecular weight is 269 g/mol. The summed E-state index contributed by atoms with van der Waals surface area (Å²) in [5.41, 5.74) is 1.07. The molecule has 0 aliphatic heterocycles. The van der Waals surface area contributed by atoms with Crippen LogP contribution in [0.5, 0.6) is 0 Å². The summed E-state index contributed by atoms with van der Waals surface area (Å²) in [5, 5.41) is 9.64. The van der Waals surface area contributed by atoms with Crippen molar-refractivity contribution < 1.29 is 0 Å². The Bertz CT molecular complexity index is 770. The van der Waals surface area contributed by atoms with Gasteiger partial charge in [-0.3, -0.25) is 9.67 Å². The first-order valence-electron chi connectivity index (χ1n) is 6.45. The number of aromatic nitrogens is 3. The fourth-order valence-corrected chi connectivity index (χ4v) is 2.56. The Morgan fingerprint density at radius 1 is 1.16 bits per heavy atom. The minimum atomic E-state index is 0.652. The normalized spacial score (nSPS) is 11.0. The molecule has 0 saturated carbocycles. The van der Waals surface area contributed by atoms with Crippen molar-refractivity contribution in [3.8, 4) is 5.69 Å². The van der Waals surface area contributed by atoms with Gasteiger partial charge in [-0.25, -0.2) is 0 Å². The van der Waals surface area contributed by atoms with E-state index in [-0.39, 0.29) is 0 Å². The molecule has 2 aromatic carbocycles. The van der Waals surface area contributed by atoms with Gasteiger partial charge in [0.15, 0.2) is 4.77 Å². The average Bonchev–Trinajstić information content (AvgIpc) is 2.80. The van der Waals surface area contributed by atoms with Crippen LogP contribution in [0, 0.1) is 4.77 Å². The van der Waals surface area contributed by atoms with Crippen molar-refractivity contribution in [3.63, 3.8) is 0 Å². The lowest BCUT2D eigenvalue weighted by atomic mass is 10.1. The van der Waals surface area contributed by atoms with Gasteiger partial charge in [0.1, 0.15) is 5.82 Å². The highest BCUT2D eigenvalue weighted by Crippen LogP contribution is 2.20. The SMILES string of the molecule is CCCc1n[nH]c(=S)n1-c1ccc2ccccc2c1. The maximum Gasteiger partial charge on any atom is 0.199 e. The second kappa shape index (κ2) is 4.97. The molecule has 0 spiro atoms. The van der Waals surface area contributed by atoms with Crippen LogP contribution in [-0.2, 0) is 6.42 Å². The second-order valence-corrected chi connectivity index (χ2v) is 4.95. The molecule has 0 atom stereocenters. The summed E-state index contributed by atoms with van der Waals surface area (Å²) in [6, 6.07) is 14.7. The second-order valence-electron chi connectivity index (χ2n) is 4.56. The molecule has 1 heterocycles. The molecule has 0 fully saturated rings. The molecule has 1 aromatic heterocycles. The van der Waals surface area contributed by atoms with Crippen LogP contribution >= 0.6 is 12.2 Å². The standard InChI is InChI=1S/C15H15N3S/c1-2-5-14-16-17-15(19)18(14)13-9-8-11-6-3-4-7-12(11)10-13/h3-4,6-10H,2,5H2,1H3,(H,17,19). The van der Waals surface area contributed by atoms with Crippen LogP contribution in [0.25, 0.3) is 16.5 Å². The summed E-state index contributed by atoms with van der Waals surface area (Å²) in [7, 11) is 0. The number of fused-ring (bicyclic) bond motifs is 1. The van der Waals surface area contributed by atoms with Crippen molar-refractivity contribution >= 4 is 23.0 Å². The van der Waals surface area contributed by atoms with E-state index < -0.39 is 0 Å². The number of benzene rings is 2. The quantitative estimate of drug-likeness (QED) is 0.728. The molecule has 0 aliphatic carbocycles. The number of aryl methyl sites for hydroxylation is 1. The zero-order valence-corrected chi connectivity index (χ0v) is 11.6. The summed E-state index contributed by atoms with van der Waals surface area (Å²) >= 11 is 5.34. The first-order chi connectivity index (χ1) is 9.29. The van der Waals surface area contributed by atoms with E-state index in [1.807, 2.05) is 16.7 Å². The predicted octanol–water partition coefficient (Wildman–Crippen LogP) is 4.04. The van der Waals surface area contributed by atoms with Gasteiger partial charge in [-0.05, 0) is 41.5 Å². The zero-order chi connectivity index (χ0) is 13.2. The number of hydrogen-bond acceptors (Lipinski definition) is 2.